The zero-order chi connectivity index (χ0) is 28.7. The standard InChI is InChI=1S/C41H35N/c1-31-38(28-40(34-20-10-4-11-21-34)35-22-12-5-13-23-35)39(32(2)42(31)30-33-18-8-3-9-19-33)29-41(36-24-14-6-15-25-36)37-26-16-7-17-27-37/h3-29H,30H2,1-2H3. The Morgan fingerprint density at radius 2 is 0.714 bits per heavy atom. The van der Waals surface area contributed by atoms with E-state index in [9.17, 15) is 0 Å². The summed E-state index contributed by atoms with van der Waals surface area (Å²) in [5.74, 6) is 0. The summed E-state index contributed by atoms with van der Waals surface area (Å²) < 4.78 is 2.47. The van der Waals surface area contributed by atoms with Gasteiger partial charge in [0, 0.05) is 29.1 Å². The molecule has 6 aromatic rings. The minimum absolute atomic E-state index is 0.825. The van der Waals surface area contributed by atoms with Crippen molar-refractivity contribution in [1.29, 1.82) is 0 Å². The Morgan fingerprint density at radius 3 is 1.02 bits per heavy atom. The first-order valence-corrected chi connectivity index (χ1v) is 14.6. The van der Waals surface area contributed by atoms with Crippen molar-refractivity contribution >= 4 is 23.3 Å². The second-order valence-corrected chi connectivity index (χ2v) is 10.7. The maximum atomic E-state index is 2.47. The van der Waals surface area contributed by atoms with E-state index in [-0.39, 0.29) is 0 Å². The fourth-order valence-corrected chi connectivity index (χ4v) is 5.73. The van der Waals surface area contributed by atoms with Gasteiger partial charge in [-0.2, -0.15) is 0 Å². The van der Waals surface area contributed by atoms with Crippen LogP contribution in [0.1, 0.15) is 50.3 Å². The van der Waals surface area contributed by atoms with Gasteiger partial charge in [-0.1, -0.05) is 152 Å². The number of rotatable bonds is 8. The van der Waals surface area contributed by atoms with E-state index in [2.05, 4.69) is 182 Å². The molecule has 0 unspecified atom stereocenters. The Morgan fingerprint density at radius 1 is 0.429 bits per heavy atom. The lowest BCUT2D eigenvalue weighted by molar-refractivity contribution is 0.748. The van der Waals surface area contributed by atoms with Gasteiger partial charge in [0.15, 0.2) is 0 Å². The maximum Gasteiger partial charge on any atom is 0.0475 e. The largest absolute Gasteiger partial charge is 0.344 e. The van der Waals surface area contributed by atoms with Crippen LogP contribution in [0.4, 0.5) is 0 Å². The van der Waals surface area contributed by atoms with Gasteiger partial charge in [-0.3, -0.25) is 0 Å². The maximum absolute atomic E-state index is 2.47. The normalized spacial score (nSPS) is 10.7. The minimum atomic E-state index is 0.825. The van der Waals surface area contributed by atoms with Crippen LogP contribution in [-0.2, 0) is 6.54 Å². The van der Waals surface area contributed by atoms with Crippen molar-refractivity contribution in [2.45, 2.75) is 20.4 Å². The molecule has 0 spiro atoms. The molecule has 0 saturated carbocycles. The fraction of sp³-hybridized carbons (Fsp3) is 0.0732. The Labute approximate surface area is 249 Å². The Kier molecular flexibility index (Phi) is 8.10. The smallest absolute Gasteiger partial charge is 0.0475 e. The van der Waals surface area contributed by atoms with Crippen LogP contribution in [0.15, 0.2) is 152 Å². The van der Waals surface area contributed by atoms with Crippen molar-refractivity contribution in [2.24, 2.45) is 0 Å². The zero-order valence-corrected chi connectivity index (χ0v) is 24.2. The fourth-order valence-electron chi connectivity index (χ4n) is 5.73. The molecule has 1 heteroatoms. The minimum Gasteiger partial charge on any atom is -0.344 e. The third-order valence-electron chi connectivity index (χ3n) is 7.98. The van der Waals surface area contributed by atoms with Crippen LogP contribution in [0.25, 0.3) is 23.3 Å². The lowest BCUT2D eigenvalue weighted by Gasteiger charge is -2.12. The van der Waals surface area contributed by atoms with Crippen molar-refractivity contribution in [3.8, 4) is 0 Å². The molecule has 1 aromatic heterocycles. The first-order valence-electron chi connectivity index (χ1n) is 14.6. The third kappa shape index (κ3) is 5.82. The lowest BCUT2D eigenvalue weighted by atomic mass is 9.92. The zero-order valence-electron chi connectivity index (χ0n) is 24.2. The summed E-state index contributed by atoms with van der Waals surface area (Å²) in [5.41, 5.74) is 13.6. The van der Waals surface area contributed by atoms with Gasteiger partial charge in [0.25, 0.3) is 0 Å². The Bertz CT molecular complexity index is 1610. The number of benzene rings is 5. The lowest BCUT2D eigenvalue weighted by Crippen LogP contribution is -2.04. The molecule has 0 radical (unpaired) electrons. The van der Waals surface area contributed by atoms with Gasteiger partial charge in [0.2, 0.25) is 0 Å². The molecule has 6 rings (SSSR count). The first kappa shape index (κ1) is 27.1. The number of nitrogens with zero attached hydrogens (tertiary/aromatic N) is 1. The van der Waals surface area contributed by atoms with E-state index in [1.165, 1.54) is 61.5 Å². The molecule has 1 nitrogen and oxygen atoms in total. The average molecular weight is 542 g/mol. The summed E-state index contributed by atoms with van der Waals surface area (Å²) in [6, 6.07) is 53.7. The number of hydrogen-bond donors (Lipinski definition) is 0. The van der Waals surface area contributed by atoms with E-state index >= 15 is 0 Å². The Balaban J connectivity index is 1.62. The topological polar surface area (TPSA) is 4.93 Å². The van der Waals surface area contributed by atoms with E-state index in [0.717, 1.165) is 6.54 Å². The Hall–Kier alpha value is -5.14. The molecule has 0 aliphatic heterocycles. The van der Waals surface area contributed by atoms with E-state index in [4.69, 9.17) is 0 Å². The summed E-state index contributed by atoms with van der Waals surface area (Å²) in [6.45, 7) is 5.35. The molecule has 0 N–H and O–H groups in total. The van der Waals surface area contributed by atoms with Gasteiger partial charge in [-0.25, -0.2) is 0 Å². The number of aromatic nitrogens is 1. The highest BCUT2D eigenvalue weighted by Crippen LogP contribution is 2.35. The SMILES string of the molecule is Cc1c(C=C(c2ccccc2)c2ccccc2)c(C=C(c2ccccc2)c2ccccc2)c(C)n1Cc1ccccc1. The van der Waals surface area contributed by atoms with Crippen molar-refractivity contribution in [1.82, 2.24) is 4.57 Å². The molecule has 0 saturated heterocycles. The second kappa shape index (κ2) is 12.6. The molecule has 0 amide bonds. The van der Waals surface area contributed by atoms with Gasteiger partial charge in [-0.15, -0.1) is 0 Å². The molecule has 5 aromatic carbocycles. The summed E-state index contributed by atoms with van der Waals surface area (Å²) in [4.78, 5) is 0. The molecule has 0 aliphatic rings. The molecule has 0 atom stereocenters. The summed E-state index contributed by atoms with van der Waals surface area (Å²) in [5, 5.41) is 0. The quantitative estimate of drug-likeness (QED) is 0.181. The van der Waals surface area contributed by atoms with Crippen molar-refractivity contribution in [2.75, 3.05) is 0 Å². The molecule has 42 heavy (non-hydrogen) atoms. The molecule has 0 aliphatic carbocycles. The van der Waals surface area contributed by atoms with Crippen LogP contribution in [0.3, 0.4) is 0 Å². The summed E-state index contributed by atoms with van der Waals surface area (Å²) >= 11 is 0. The summed E-state index contributed by atoms with van der Waals surface area (Å²) in [7, 11) is 0. The molecular weight excluding hydrogens is 506 g/mol. The monoisotopic (exact) mass is 541 g/mol. The highest BCUT2D eigenvalue weighted by atomic mass is 15.0. The van der Waals surface area contributed by atoms with Crippen molar-refractivity contribution in [3.05, 3.63) is 202 Å². The van der Waals surface area contributed by atoms with Gasteiger partial charge in [0.1, 0.15) is 0 Å². The van der Waals surface area contributed by atoms with Crippen molar-refractivity contribution < 1.29 is 0 Å². The van der Waals surface area contributed by atoms with Crippen LogP contribution in [0.2, 0.25) is 0 Å². The van der Waals surface area contributed by atoms with Gasteiger partial charge in [0.05, 0.1) is 0 Å². The highest BCUT2D eigenvalue weighted by Gasteiger charge is 2.18. The molecule has 204 valence electrons. The highest BCUT2D eigenvalue weighted by molar-refractivity contribution is 5.97. The van der Waals surface area contributed by atoms with E-state index in [0.29, 0.717) is 0 Å². The van der Waals surface area contributed by atoms with Gasteiger partial charge < -0.3 is 4.57 Å². The second-order valence-electron chi connectivity index (χ2n) is 10.7. The third-order valence-corrected chi connectivity index (χ3v) is 7.98. The van der Waals surface area contributed by atoms with Crippen LogP contribution in [0.5, 0.6) is 0 Å². The molecular formula is C41H35N. The molecule has 0 bridgehead atoms. The molecule has 0 fully saturated rings. The van der Waals surface area contributed by atoms with Crippen LogP contribution < -0.4 is 0 Å². The summed E-state index contributed by atoms with van der Waals surface area (Å²) in [6.07, 6.45) is 4.79. The van der Waals surface area contributed by atoms with E-state index < -0.39 is 0 Å². The van der Waals surface area contributed by atoms with Crippen molar-refractivity contribution in [3.63, 3.8) is 0 Å². The van der Waals surface area contributed by atoms with Gasteiger partial charge in [-0.05, 0) is 65.0 Å². The predicted molar refractivity (Wildman–Crippen MR) is 179 cm³/mol. The van der Waals surface area contributed by atoms with Gasteiger partial charge >= 0.3 is 0 Å². The first-order chi connectivity index (χ1) is 20.7. The van der Waals surface area contributed by atoms with Crippen LogP contribution >= 0.6 is 0 Å². The number of hydrogen-bond acceptors (Lipinski definition) is 0. The van der Waals surface area contributed by atoms with E-state index in [1.807, 2.05) is 0 Å². The molecule has 1 heterocycles. The van der Waals surface area contributed by atoms with Crippen LogP contribution in [0, 0.1) is 13.8 Å². The predicted octanol–water partition coefficient (Wildman–Crippen LogP) is 10.3. The van der Waals surface area contributed by atoms with Crippen LogP contribution in [-0.4, -0.2) is 4.57 Å². The average Bonchev–Trinajstić information content (AvgIpc) is 3.27. The van der Waals surface area contributed by atoms with E-state index in [1.54, 1.807) is 0 Å².